The highest BCUT2D eigenvalue weighted by molar-refractivity contribution is 6.34. The quantitative estimate of drug-likeness (QED) is 0.251. The van der Waals surface area contributed by atoms with E-state index in [2.05, 4.69) is 22.6 Å². The average molecular weight is 616 g/mol. The molecule has 0 unspecified atom stereocenters. The van der Waals surface area contributed by atoms with E-state index in [1.165, 1.54) is 29.1 Å². The van der Waals surface area contributed by atoms with Crippen molar-refractivity contribution in [2.75, 3.05) is 36.8 Å². The molecule has 10 nitrogen and oxygen atoms in total. The minimum Gasteiger partial charge on any atom is -0.398 e. The van der Waals surface area contributed by atoms with E-state index in [0.29, 0.717) is 54.3 Å². The first-order chi connectivity index (χ1) is 21.0. The molecule has 0 radical (unpaired) electrons. The molecular weight excluding hydrogens is 583 g/mol. The van der Waals surface area contributed by atoms with Crippen LogP contribution in [-0.4, -0.2) is 56.5 Å². The normalized spacial score (nSPS) is 13.5. The molecule has 12 heteroatoms. The molecule has 0 aliphatic carbocycles. The predicted octanol–water partition coefficient (Wildman–Crippen LogP) is 3.42. The number of nitrogens with zero attached hydrogens (tertiary/aromatic N) is 6. The van der Waals surface area contributed by atoms with Gasteiger partial charge in [-0.1, -0.05) is 57.2 Å². The number of amides is 1. The molecule has 5 rings (SSSR count). The zero-order valence-corrected chi connectivity index (χ0v) is 25.7. The Bertz CT molecular complexity index is 1860. The number of nitrogens with one attached hydrogen (secondary N) is 1. The maximum absolute atomic E-state index is 15.2. The molecule has 0 saturated carbocycles. The second kappa shape index (κ2) is 12.1. The second-order valence-electron chi connectivity index (χ2n) is 11.2. The lowest BCUT2D eigenvalue weighted by Crippen LogP contribution is -2.49. The Morgan fingerprint density at radius 2 is 1.75 bits per heavy atom. The number of pyridine rings is 2. The third-order valence-electron chi connectivity index (χ3n) is 7.76. The van der Waals surface area contributed by atoms with Crippen molar-refractivity contribution in [3.8, 4) is 23.0 Å². The van der Waals surface area contributed by atoms with E-state index >= 15 is 4.39 Å². The number of benzene rings is 1. The van der Waals surface area contributed by atoms with Gasteiger partial charge in [-0.3, -0.25) is 14.2 Å². The van der Waals surface area contributed by atoms with Crippen molar-refractivity contribution >= 4 is 39.9 Å². The lowest BCUT2D eigenvalue weighted by atomic mass is 10.00. The standard InChI is InChI=1S/C32H32ClFN8O2/c1-6-24(43)40-10-12-41(13-11-40)29-19-14-21(33)28(25-22(34)8-7-9-23(25)36)39-31(19)42(32(44)20(29)15-35)30-26(17(2)3)37-16-38-27(30)18(4)5/h6-9,14,16-18H,1,10-13,36H2,2-5H3/p+1. The largest absolute Gasteiger partial charge is 0.398 e. The van der Waals surface area contributed by atoms with Gasteiger partial charge in [-0.05, 0) is 36.1 Å². The van der Waals surface area contributed by atoms with Crippen LogP contribution in [0.4, 0.5) is 15.8 Å². The van der Waals surface area contributed by atoms with Crippen molar-refractivity contribution in [3.05, 3.63) is 81.4 Å². The molecule has 3 N–H and O–H groups in total. The molecule has 44 heavy (non-hydrogen) atoms. The van der Waals surface area contributed by atoms with Crippen molar-refractivity contribution in [2.24, 2.45) is 0 Å². The molecule has 0 bridgehead atoms. The van der Waals surface area contributed by atoms with Gasteiger partial charge in [-0.2, -0.15) is 0 Å². The Morgan fingerprint density at radius 1 is 1.11 bits per heavy atom. The molecule has 3 aromatic heterocycles. The minimum absolute atomic E-state index is 0.00900. The third kappa shape index (κ3) is 5.15. The summed E-state index contributed by atoms with van der Waals surface area (Å²) in [6, 6.07) is 8.30. The van der Waals surface area contributed by atoms with E-state index < -0.39 is 11.4 Å². The smallest absolute Gasteiger partial charge is 0.316 e. The van der Waals surface area contributed by atoms with Crippen molar-refractivity contribution in [1.82, 2.24) is 24.4 Å². The number of hydrogen-bond donors (Lipinski definition) is 2. The number of carbonyl (C=O) groups is 1. The van der Waals surface area contributed by atoms with Crippen LogP contribution >= 0.6 is 11.6 Å². The highest BCUT2D eigenvalue weighted by atomic mass is 35.5. The Morgan fingerprint density at radius 3 is 2.30 bits per heavy atom. The molecule has 1 amide bonds. The van der Waals surface area contributed by atoms with Gasteiger partial charge < -0.3 is 15.5 Å². The zero-order chi connectivity index (χ0) is 31.9. The van der Waals surface area contributed by atoms with E-state index in [0.717, 1.165) is 0 Å². The van der Waals surface area contributed by atoms with Crippen LogP contribution in [0.25, 0.3) is 28.0 Å². The predicted molar refractivity (Wildman–Crippen MR) is 169 cm³/mol. The van der Waals surface area contributed by atoms with Crippen LogP contribution in [0.15, 0.2) is 48.0 Å². The molecular formula is C32H33ClFN8O2+. The van der Waals surface area contributed by atoms with E-state index in [9.17, 15) is 9.59 Å². The maximum Gasteiger partial charge on any atom is 0.316 e. The Kier molecular flexibility index (Phi) is 8.39. The van der Waals surface area contributed by atoms with Gasteiger partial charge >= 0.3 is 6.07 Å². The number of hydrogen-bond acceptors (Lipinski definition) is 7. The molecule has 1 aliphatic rings. The van der Waals surface area contributed by atoms with Gasteiger partial charge in [-0.25, -0.2) is 19.3 Å². The SMILES string of the molecule is C=CC(=O)N1CCN(c2c(C#[NH+])c(=O)n(-c3c(C(C)C)ncnc3C(C)C)c3nc(-c4c(N)cccc4F)c(Cl)cc23)CC1. The molecule has 226 valence electrons. The first-order valence-corrected chi connectivity index (χ1v) is 14.7. The average Bonchev–Trinajstić information content (AvgIpc) is 3.00. The van der Waals surface area contributed by atoms with E-state index in [1.807, 2.05) is 32.6 Å². The van der Waals surface area contributed by atoms with Crippen LogP contribution in [0, 0.1) is 11.9 Å². The number of nitrogens with two attached hydrogens (primary N) is 1. The van der Waals surface area contributed by atoms with E-state index in [1.54, 1.807) is 17.0 Å². The van der Waals surface area contributed by atoms with Crippen LogP contribution < -0.4 is 21.5 Å². The summed E-state index contributed by atoms with van der Waals surface area (Å²) in [7, 11) is 0. The van der Waals surface area contributed by atoms with Crippen molar-refractivity contribution < 1.29 is 14.4 Å². The summed E-state index contributed by atoms with van der Waals surface area (Å²) >= 11 is 6.83. The number of halogens is 2. The Hall–Kier alpha value is -4.82. The number of rotatable bonds is 6. The number of piperazine rings is 1. The van der Waals surface area contributed by atoms with Crippen LogP contribution in [0.1, 0.15) is 56.5 Å². The summed E-state index contributed by atoms with van der Waals surface area (Å²) in [6.45, 7) is 12.9. The van der Waals surface area contributed by atoms with Gasteiger partial charge in [0, 0.05) is 37.3 Å². The fourth-order valence-electron chi connectivity index (χ4n) is 5.64. The number of aromatic nitrogens is 4. The molecule has 0 spiro atoms. The van der Waals surface area contributed by atoms with Crippen LogP contribution in [-0.2, 0) is 4.79 Å². The fraction of sp³-hybridized carbons (Fsp3) is 0.312. The highest BCUT2D eigenvalue weighted by Crippen LogP contribution is 2.39. The number of carbonyl (C=O) groups excluding carboxylic acids is 1. The number of nitrogen functional groups attached to an aromatic ring is 1. The van der Waals surface area contributed by atoms with Crippen molar-refractivity contribution in [3.63, 3.8) is 0 Å². The molecule has 1 aromatic carbocycles. The summed E-state index contributed by atoms with van der Waals surface area (Å²) in [6.07, 6.45) is 2.74. The summed E-state index contributed by atoms with van der Waals surface area (Å²) in [5.41, 5.74) is 8.08. The van der Waals surface area contributed by atoms with Crippen LogP contribution in [0.3, 0.4) is 0 Å². The Balaban J connectivity index is 1.92. The van der Waals surface area contributed by atoms with E-state index in [-0.39, 0.29) is 50.9 Å². The minimum atomic E-state index is -0.617. The van der Waals surface area contributed by atoms with E-state index in [4.69, 9.17) is 27.6 Å². The molecule has 1 fully saturated rings. The molecule has 4 aromatic rings. The highest BCUT2D eigenvalue weighted by Gasteiger charge is 2.31. The van der Waals surface area contributed by atoms with Crippen molar-refractivity contribution in [2.45, 2.75) is 39.5 Å². The number of anilines is 2. The van der Waals surface area contributed by atoms with Gasteiger partial charge in [0.05, 0.1) is 39.0 Å². The molecule has 1 saturated heterocycles. The summed E-state index contributed by atoms with van der Waals surface area (Å²) in [5.74, 6) is -1.02. The first kappa shape index (κ1) is 30.6. The topological polar surface area (TPSA) is 134 Å². The second-order valence-corrected chi connectivity index (χ2v) is 11.6. The molecule has 1 aliphatic heterocycles. The zero-order valence-electron chi connectivity index (χ0n) is 25.0. The lowest BCUT2D eigenvalue weighted by Gasteiger charge is -2.36. The van der Waals surface area contributed by atoms with Gasteiger partial charge in [-0.15, -0.1) is 0 Å². The van der Waals surface area contributed by atoms with Gasteiger partial charge in [0.2, 0.25) is 5.91 Å². The monoisotopic (exact) mass is 615 g/mol. The Labute approximate surface area is 259 Å². The number of fused-ring (bicyclic) bond motifs is 1. The lowest BCUT2D eigenvalue weighted by molar-refractivity contribution is -0.126. The van der Waals surface area contributed by atoms with Gasteiger partial charge in [0.15, 0.2) is 11.2 Å². The maximum atomic E-state index is 15.2. The van der Waals surface area contributed by atoms with Gasteiger partial charge in [0.25, 0.3) is 5.56 Å². The van der Waals surface area contributed by atoms with Crippen LogP contribution in [0.2, 0.25) is 5.02 Å². The first-order valence-electron chi connectivity index (χ1n) is 14.3. The van der Waals surface area contributed by atoms with Gasteiger partial charge in [0.1, 0.15) is 12.1 Å². The van der Waals surface area contributed by atoms with Crippen LogP contribution in [0.5, 0.6) is 0 Å². The summed E-state index contributed by atoms with van der Waals surface area (Å²) in [5, 5.41) is 8.81. The molecule has 0 atom stereocenters. The fourth-order valence-corrected chi connectivity index (χ4v) is 5.89. The summed E-state index contributed by atoms with van der Waals surface area (Å²) < 4.78 is 16.6. The molecule has 4 heterocycles. The summed E-state index contributed by atoms with van der Waals surface area (Å²) in [4.78, 5) is 44.3. The van der Waals surface area contributed by atoms with Crippen molar-refractivity contribution in [1.29, 1.82) is 0 Å². The third-order valence-corrected chi connectivity index (χ3v) is 8.05.